The van der Waals surface area contributed by atoms with Gasteiger partial charge in [0.15, 0.2) is 0 Å². The van der Waals surface area contributed by atoms with Gasteiger partial charge in [-0.1, -0.05) is 19.6 Å². The quantitative estimate of drug-likeness (QED) is 0.406. The van der Waals surface area contributed by atoms with Crippen molar-refractivity contribution in [3.05, 3.63) is 46.1 Å². The predicted octanol–water partition coefficient (Wildman–Crippen LogP) is 4.28. The molecule has 1 saturated carbocycles. The number of halogens is 3. The monoisotopic (exact) mass is 486 g/mol. The molecule has 2 atom stereocenters. The lowest BCUT2D eigenvalue weighted by atomic mass is 10.1. The molecular formula is C21H29F3N4O4Si. The van der Waals surface area contributed by atoms with Crippen LogP contribution in [0, 0.1) is 0 Å². The molecule has 0 radical (unpaired) electrons. The number of carbonyl (C=O) groups is 1. The highest BCUT2D eigenvalue weighted by molar-refractivity contribution is 6.76. The van der Waals surface area contributed by atoms with E-state index < -0.39 is 37.4 Å². The molecule has 0 amide bonds. The number of nitrogens with zero attached hydrogens (tertiary/aromatic N) is 3. The first-order valence-electron chi connectivity index (χ1n) is 10.8. The van der Waals surface area contributed by atoms with Gasteiger partial charge in [0.1, 0.15) is 12.3 Å². The Bertz CT molecular complexity index is 1050. The molecule has 0 bridgehead atoms. The number of aromatic carboxylic acids is 1. The highest BCUT2D eigenvalue weighted by Gasteiger charge is 2.40. The van der Waals surface area contributed by atoms with Crippen LogP contribution in [0.3, 0.4) is 0 Å². The van der Waals surface area contributed by atoms with Gasteiger partial charge in [-0.3, -0.25) is 4.79 Å². The normalized spacial score (nSPS) is 19.1. The van der Waals surface area contributed by atoms with Crippen LogP contribution in [0.4, 0.5) is 18.9 Å². The van der Waals surface area contributed by atoms with Crippen molar-refractivity contribution in [2.75, 3.05) is 11.9 Å². The second-order valence-electron chi connectivity index (χ2n) is 9.49. The average molecular weight is 487 g/mol. The first-order valence-corrected chi connectivity index (χ1v) is 14.5. The Hall–Kier alpha value is -2.60. The number of nitrogens with one attached hydrogen (secondary N) is 1. The molecule has 1 aliphatic carbocycles. The number of anilines is 1. The Kier molecular flexibility index (Phi) is 7.37. The van der Waals surface area contributed by atoms with E-state index in [9.17, 15) is 22.8 Å². The van der Waals surface area contributed by atoms with Crippen LogP contribution in [0.15, 0.2) is 29.5 Å². The van der Waals surface area contributed by atoms with Crippen LogP contribution in [0.2, 0.25) is 25.7 Å². The van der Waals surface area contributed by atoms with Crippen LogP contribution in [-0.4, -0.2) is 46.1 Å². The third-order valence-electron chi connectivity index (χ3n) is 5.70. The van der Waals surface area contributed by atoms with Crippen LogP contribution in [0.25, 0.3) is 0 Å². The van der Waals surface area contributed by atoms with Gasteiger partial charge in [-0.15, -0.1) is 0 Å². The molecule has 3 rings (SSSR count). The first kappa shape index (κ1) is 25.0. The summed E-state index contributed by atoms with van der Waals surface area (Å²) in [5.74, 6) is -1.07. The average Bonchev–Trinajstić information content (AvgIpc) is 3.34. The molecule has 2 aromatic rings. The Balaban J connectivity index is 1.81. The summed E-state index contributed by atoms with van der Waals surface area (Å²) in [6.45, 7) is 6.45. The van der Waals surface area contributed by atoms with Gasteiger partial charge >= 0.3 is 12.1 Å². The zero-order valence-corrected chi connectivity index (χ0v) is 19.9. The van der Waals surface area contributed by atoms with E-state index >= 15 is 0 Å². The summed E-state index contributed by atoms with van der Waals surface area (Å²) < 4.78 is 49.3. The molecule has 2 unspecified atom stereocenters. The molecule has 0 spiro atoms. The van der Waals surface area contributed by atoms with Crippen LogP contribution in [-0.2, 0) is 17.6 Å². The van der Waals surface area contributed by atoms with Crippen molar-refractivity contribution in [3.8, 4) is 0 Å². The lowest BCUT2D eigenvalue weighted by Crippen LogP contribution is -2.35. The van der Waals surface area contributed by atoms with Crippen LogP contribution in [0.1, 0.15) is 41.2 Å². The standard InChI is InChI=1S/C21H29F3N4O4Si/c1-33(2,3)10-9-32-13-28-19(29)18(21(22,23)24)16(11-25-28)26-15-5-4-6-17(15)27-8-7-14(12-27)20(30)31/h7-8,11-12,15,17,26H,4-6,9-10,13H2,1-3H3,(H,30,31). The van der Waals surface area contributed by atoms with Crippen molar-refractivity contribution in [2.45, 2.75) is 69.9 Å². The van der Waals surface area contributed by atoms with Gasteiger partial charge < -0.3 is 19.7 Å². The zero-order chi connectivity index (χ0) is 24.4. The summed E-state index contributed by atoms with van der Waals surface area (Å²) in [7, 11) is -1.38. The molecule has 0 aliphatic heterocycles. The van der Waals surface area contributed by atoms with Crippen molar-refractivity contribution < 1.29 is 27.8 Å². The summed E-state index contributed by atoms with van der Waals surface area (Å²) in [4.78, 5) is 23.8. The second kappa shape index (κ2) is 9.72. The van der Waals surface area contributed by atoms with Gasteiger partial charge in [-0.2, -0.15) is 18.3 Å². The van der Waals surface area contributed by atoms with E-state index in [2.05, 4.69) is 30.1 Å². The lowest BCUT2D eigenvalue weighted by Gasteiger charge is -2.25. The smallest absolute Gasteiger partial charge is 0.423 e. The number of aromatic nitrogens is 3. The highest BCUT2D eigenvalue weighted by Crippen LogP contribution is 2.36. The predicted molar refractivity (Wildman–Crippen MR) is 119 cm³/mol. The maximum Gasteiger partial charge on any atom is 0.423 e. The second-order valence-corrected chi connectivity index (χ2v) is 15.1. The molecule has 182 valence electrons. The van der Waals surface area contributed by atoms with Gasteiger partial charge in [0.05, 0.1) is 23.5 Å². The zero-order valence-electron chi connectivity index (χ0n) is 18.9. The maximum atomic E-state index is 13.8. The summed E-state index contributed by atoms with van der Waals surface area (Å²) in [5.41, 5.74) is -2.84. The fourth-order valence-electron chi connectivity index (χ4n) is 3.90. The number of hydrogen-bond donors (Lipinski definition) is 2. The van der Waals surface area contributed by atoms with E-state index in [4.69, 9.17) is 9.84 Å². The minimum absolute atomic E-state index is 0.107. The largest absolute Gasteiger partial charge is 0.478 e. The number of carboxylic acid groups (broad SMARTS) is 1. The van der Waals surface area contributed by atoms with Gasteiger partial charge in [-0.25, -0.2) is 9.48 Å². The molecule has 1 fully saturated rings. The number of carboxylic acids is 1. The van der Waals surface area contributed by atoms with Crippen LogP contribution >= 0.6 is 0 Å². The topological polar surface area (TPSA) is 98.4 Å². The Morgan fingerprint density at radius 1 is 1.33 bits per heavy atom. The number of alkyl halides is 3. The lowest BCUT2D eigenvalue weighted by molar-refractivity contribution is -0.138. The van der Waals surface area contributed by atoms with Crippen molar-refractivity contribution in [1.82, 2.24) is 14.3 Å². The SMILES string of the molecule is C[Si](C)(C)CCOCn1ncc(NC2CCCC2n2ccc(C(=O)O)c2)c(C(F)(F)F)c1=O. The molecule has 0 saturated heterocycles. The number of hydrogen-bond acceptors (Lipinski definition) is 5. The van der Waals surface area contributed by atoms with Crippen LogP contribution in [0.5, 0.6) is 0 Å². The number of rotatable bonds is 9. The number of ether oxygens (including phenoxy) is 1. The summed E-state index contributed by atoms with van der Waals surface area (Å²) in [6.07, 6.45) is 1.20. The van der Waals surface area contributed by atoms with Crippen molar-refractivity contribution in [2.24, 2.45) is 0 Å². The summed E-state index contributed by atoms with van der Waals surface area (Å²) >= 11 is 0. The van der Waals surface area contributed by atoms with E-state index in [0.29, 0.717) is 24.1 Å². The van der Waals surface area contributed by atoms with E-state index in [1.54, 1.807) is 10.8 Å². The fraction of sp³-hybridized carbons (Fsp3) is 0.571. The Labute approximate surface area is 190 Å². The molecule has 2 heterocycles. The van der Waals surface area contributed by atoms with Gasteiger partial charge in [-0.05, 0) is 31.4 Å². The molecule has 0 aromatic carbocycles. The molecule has 12 heteroatoms. The first-order chi connectivity index (χ1) is 15.4. The maximum absolute atomic E-state index is 13.8. The molecule has 1 aliphatic rings. The third-order valence-corrected chi connectivity index (χ3v) is 7.41. The minimum atomic E-state index is -4.87. The minimum Gasteiger partial charge on any atom is -0.478 e. The third kappa shape index (κ3) is 6.25. The van der Waals surface area contributed by atoms with Crippen LogP contribution < -0.4 is 10.9 Å². The van der Waals surface area contributed by atoms with Crippen molar-refractivity contribution in [1.29, 1.82) is 0 Å². The van der Waals surface area contributed by atoms with Crippen molar-refractivity contribution >= 4 is 19.7 Å². The fourth-order valence-corrected chi connectivity index (χ4v) is 4.66. The van der Waals surface area contributed by atoms with Gasteiger partial charge in [0, 0.05) is 33.1 Å². The van der Waals surface area contributed by atoms with Crippen molar-refractivity contribution in [3.63, 3.8) is 0 Å². The van der Waals surface area contributed by atoms with E-state index in [1.807, 2.05) is 0 Å². The molecular weight excluding hydrogens is 457 g/mol. The molecule has 33 heavy (non-hydrogen) atoms. The van der Waals surface area contributed by atoms with Gasteiger partial charge in [0.25, 0.3) is 5.56 Å². The Morgan fingerprint density at radius 2 is 2.06 bits per heavy atom. The van der Waals surface area contributed by atoms with E-state index in [0.717, 1.165) is 18.7 Å². The summed E-state index contributed by atoms with van der Waals surface area (Å²) in [5, 5.41) is 15.9. The highest BCUT2D eigenvalue weighted by atomic mass is 28.3. The summed E-state index contributed by atoms with van der Waals surface area (Å²) in [6, 6.07) is 1.61. The van der Waals surface area contributed by atoms with E-state index in [-0.39, 0.29) is 24.0 Å². The molecule has 8 nitrogen and oxygen atoms in total. The molecule has 2 N–H and O–H groups in total. The van der Waals surface area contributed by atoms with E-state index in [1.165, 1.54) is 12.3 Å². The molecule has 2 aromatic heterocycles. The Morgan fingerprint density at radius 3 is 2.67 bits per heavy atom. The van der Waals surface area contributed by atoms with Gasteiger partial charge in [0.2, 0.25) is 0 Å².